The minimum absolute atomic E-state index is 0.141. The normalized spacial score (nSPS) is 18.0. The molecule has 6 nitrogen and oxygen atoms in total. The van der Waals surface area contributed by atoms with Crippen LogP contribution in [0.2, 0.25) is 0 Å². The molecule has 1 spiro atoms. The Labute approximate surface area is 253 Å². The van der Waals surface area contributed by atoms with E-state index in [4.69, 9.17) is 14.5 Å². The largest absolute Gasteiger partial charge is 0.494 e. The number of amidine groups is 1. The molecule has 1 fully saturated rings. The van der Waals surface area contributed by atoms with Gasteiger partial charge in [-0.05, 0) is 86.9 Å². The van der Waals surface area contributed by atoms with Crippen molar-refractivity contribution < 1.29 is 18.7 Å². The van der Waals surface area contributed by atoms with Gasteiger partial charge in [0.1, 0.15) is 23.8 Å². The van der Waals surface area contributed by atoms with Crippen LogP contribution in [0.25, 0.3) is 11.1 Å². The van der Waals surface area contributed by atoms with Crippen LogP contribution in [0.1, 0.15) is 83.8 Å². The molecule has 0 radical (unpaired) electrons. The lowest BCUT2D eigenvalue weighted by atomic mass is 9.96. The van der Waals surface area contributed by atoms with Gasteiger partial charge in [0.15, 0.2) is 0 Å². The first-order chi connectivity index (χ1) is 20.4. The van der Waals surface area contributed by atoms with Crippen LogP contribution in [-0.2, 0) is 27.4 Å². The topological polar surface area (TPSA) is 63.2 Å². The van der Waals surface area contributed by atoms with Gasteiger partial charge in [0.2, 0.25) is 0 Å². The van der Waals surface area contributed by atoms with E-state index in [2.05, 4.69) is 17.7 Å². The number of allylic oxidation sites excluding steroid dienone is 2. The molecule has 3 aliphatic rings. The minimum Gasteiger partial charge on any atom is -0.494 e. The molecule has 8 heteroatoms. The van der Waals surface area contributed by atoms with Crippen LogP contribution >= 0.6 is 11.9 Å². The maximum atomic E-state index is 15.6. The lowest BCUT2D eigenvalue weighted by molar-refractivity contribution is -0.131. The quantitative estimate of drug-likeness (QED) is 0.253. The summed E-state index contributed by atoms with van der Waals surface area (Å²) in [6.45, 7) is 9.95. The fourth-order valence-corrected chi connectivity index (χ4v) is 6.89. The highest BCUT2D eigenvalue weighted by Crippen LogP contribution is 2.41. The fourth-order valence-electron chi connectivity index (χ4n) is 5.98. The lowest BCUT2D eigenvalue weighted by Crippen LogP contribution is -2.40. The molecule has 2 aromatic carbocycles. The summed E-state index contributed by atoms with van der Waals surface area (Å²) in [6, 6.07) is 11.2. The Balaban J connectivity index is 1.44. The Bertz CT molecular complexity index is 1410. The summed E-state index contributed by atoms with van der Waals surface area (Å²) in [5.41, 5.74) is 4.66. The maximum absolute atomic E-state index is 15.6. The van der Waals surface area contributed by atoms with E-state index in [-0.39, 0.29) is 11.7 Å². The standard InChI is InChI=1S/C34H42FN3O3S/c1-5-7-13-31-36-34(17-8-9-18-34)33(39)38(31)21-25-14-15-27(26(20-25)22-40-6-2)32-28(35)11-10-12-30(32)42-37-29-16-19-41-24(4)23(29)3/h10-12,14-16,20,37H,5-9,13,17-19,21-22H2,1-4H3. The van der Waals surface area contributed by atoms with Gasteiger partial charge in [0, 0.05) is 34.8 Å². The number of carbonyl (C=O) groups is 1. The number of ether oxygens (including phenoxy) is 2. The van der Waals surface area contributed by atoms with E-state index in [1.165, 1.54) is 18.0 Å². The van der Waals surface area contributed by atoms with E-state index in [9.17, 15) is 4.79 Å². The van der Waals surface area contributed by atoms with Crippen LogP contribution in [0.5, 0.6) is 0 Å². The third kappa shape index (κ3) is 6.30. The number of nitrogens with one attached hydrogen (secondary N) is 1. The summed E-state index contributed by atoms with van der Waals surface area (Å²) >= 11 is 1.39. The summed E-state index contributed by atoms with van der Waals surface area (Å²) in [7, 11) is 0. The molecule has 1 saturated carbocycles. The number of nitrogens with zero attached hydrogens (tertiary/aromatic N) is 2. The second kappa shape index (κ2) is 13.5. The number of benzene rings is 2. The number of unbranched alkanes of at least 4 members (excludes halogenated alkanes) is 1. The predicted molar refractivity (Wildman–Crippen MR) is 167 cm³/mol. The number of halogens is 1. The molecule has 1 N–H and O–H groups in total. The minimum atomic E-state index is -0.560. The van der Waals surface area contributed by atoms with Crippen molar-refractivity contribution in [1.82, 2.24) is 9.62 Å². The van der Waals surface area contributed by atoms with Gasteiger partial charge in [-0.2, -0.15) is 0 Å². The maximum Gasteiger partial charge on any atom is 0.256 e. The molecule has 0 saturated heterocycles. The first-order valence-electron chi connectivity index (χ1n) is 15.2. The Morgan fingerprint density at radius 3 is 2.74 bits per heavy atom. The third-order valence-corrected chi connectivity index (χ3v) is 9.37. The first kappa shape index (κ1) is 30.4. The molecule has 1 aliphatic carbocycles. The van der Waals surface area contributed by atoms with Gasteiger partial charge in [-0.25, -0.2) is 4.39 Å². The van der Waals surface area contributed by atoms with E-state index in [0.29, 0.717) is 31.9 Å². The average Bonchev–Trinajstić information content (AvgIpc) is 3.56. The zero-order chi connectivity index (χ0) is 29.7. The second-order valence-electron chi connectivity index (χ2n) is 11.3. The molecule has 0 bridgehead atoms. The van der Waals surface area contributed by atoms with Gasteiger partial charge in [-0.15, -0.1) is 0 Å². The monoisotopic (exact) mass is 591 g/mol. The third-order valence-electron chi connectivity index (χ3n) is 8.49. The van der Waals surface area contributed by atoms with Gasteiger partial charge in [0.05, 0.1) is 18.9 Å². The molecule has 5 rings (SSSR count). The average molecular weight is 592 g/mol. The van der Waals surface area contributed by atoms with Crippen molar-refractivity contribution in [2.45, 2.75) is 96.2 Å². The fraction of sp³-hybridized carbons (Fsp3) is 0.471. The molecule has 1 amide bonds. The number of hydrogen-bond donors (Lipinski definition) is 1. The van der Waals surface area contributed by atoms with Gasteiger partial charge in [0.25, 0.3) is 5.91 Å². The van der Waals surface area contributed by atoms with E-state index < -0.39 is 5.54 Å². The van der Waals surface area contributed by atoms with Crippen LogP contribution in [0.4, 0.5) is 4.39 Å². The summed E-state index contributed by atoms with van der Waals surface area (Å²) < 4.78 is 30.4. The highest BCUT2D eigenvalue weighted by Gasteiger charge is 2.49. The van der Waals surface area contributed by atoms with E-state index in [1.807, 2.05) is 49.9 Å². The SMILES string of the molecule is CCCCC1=NC2(CCCC2)C(=O)N1Cc1ccc(-c2c(F)cccc2SNC2=CCOC(C)=C2C)c(COCC)c1. The van der Waals surface area contributed by atoms with Gasteiger partial charge >= 0.3 is 0 Å². The van der Waals surface area contributed by atoms with E-state index in [0.717, 1.165) is 89.4 Å². The highest BCUT2D eigenvalue weighted by molar-refractivity contribution is 7.97. The number of aliphatic imine (C=N–C) groups is 1. The highest BCUT2D eigenvalue weighted by atomic mass is 32.2. The van der Waals surface area contributed by atoms with Crippen molar-refractivity contribution in [3.05, 3.63) is 76.4 Å². The summed E-state index contributed by atoms with van der Waals surface area (Å²) in [4.78, 5) is 21.4. The van der Waals surface area contributed by atoms with Gasteiger partial charge < -0.3 is 14.2 Å². The van der Waals surface area contributed by atoms with Crippen LogP contribution in [0.3, 0.4) is 0 Å². The Morgan fingerprint density at radius 2 is 1.98 bits per heavy atom. The molecule has 224 valence electrons. The number of hydrogen-bond acceptors (Lipinski definition) is 6. The molecule has 0 unspecified atom stereocenters. The van der Waals surface area contributed by atoms with Crippen molar-refractivity contribution in [3.63, 3.8) is 0 Å². The molecule has 42 heavy (non-hydrogen) atoms. The van der Waals surface area contributed by atoms with Crippen LogP contribution < -0.4 is 4.72 Å². The zero-order valence-electron chi connectivity index (χ0n) is 25.2. The van der Waals surface area contributed by atoms with E-state index in [1.54, 1.807) is 6.07 Å². The summed E-state index contributed by atoms with van der Waals surface area (Å²) in [5.74, 6) is 1.65. The zero-order valence-corrected chi connectivity index (χ0v) is 26.0. The first-order valence-corrected chi connectivity index (χ1v) is 16.0. The van der Waals surface area contributed by atoms with Crippen LogP contribution in [0, 0.1) is 5.82 Å². The molecule has 0 aromatic heterocycles. The number of carbonyl (C=O) groups excluding carboxylic acids is 1. The Morgan fingerprint density at radius 1 is 1.17 bits per heavy atom. The summed E-state index contributed by atoms with van der Waals surface area (Å²) in [5, 5.41) is 0. The molecular formula is C34H42FN3O3S. The van der Waals surface area contributed by atoms with Crippen molar-refractivity contribution in [2.24, 2.45) is 4.99 Å². The number of amides is 1. The van der Waals surface area contributed by atoms with Crippen molar-refractivity contribution >= 4 is 23.7 Å². The number of rotatable bonds is 12. The lowest BCUT2D eigenvalue weighted by Gasteiger charge is -2.23. The van der Waals surface area contributed by atoms with Gasteiger partial charge in [-0.3, -0.25) is 14.7 Å². The van der Waals surface area contributed by atoms with E-state index >= 15 is 4.39 Å². The van der Waals surface area contributed by atoms with Crippen LogP contribution in [0.15, 0.2) is 69.4 Å². The molecule has 2 aromatic rings. The van der Waals surface area contributed by atoms with Gasteiger partial charge in [-0.1, -0.05) is 50.5 Å². The predicted octanol–water partition coefficient (Wildman–Crippen LogP) is 8.08. The van der Waals surface area contributed by atoms with Crippen LogP contribution in [-0.4, -0.2) is 35.4 Å². The Kier molecular flexibility index (Phi) is 9.74. The molecule has 0 atom stereocenters. The van der Waals surface area contributed by atoms with Crippen molar-refractivity contribution in [3.8, 4) is 11.1 Å². The van der Waals surface area contributed by atoms with Crippen molar-refractivity contribution in [1.29, 1.82) is 0 Å². The molecule has 2 aliphatic heterocycles. The molecule has 2 heterocycles. The summed E-state index contributed by atoms with van der Waals surface area (Å²) in [6.07, 6.45) is 8.66. The molecular weight excluding hydrogens is 549 g/mol. The smallest absolute Gasteiger partial charge is 0.256 e. The van der Waals surface area contributed by atoms with Crippen molar-refractivity contribution in [2.75, 3.05) is 13.2 Å². The second-order valence-corrected chi connectivity index (χ2v) is 12.2. The Hall–Kier alpha value is -3.10.